The number of allylic oxidation sites excluding steroid dienone is 2. The maximum absolute atomic E-state index is 11.9. The van der Waals surface area contributed by atoms with Gasteiger partial charge in [-0.15, -0.1) is 0 Å². The number of benzene rings is 2. The van der Waals surface area contributed by atoms with Crippen molar-refractivity contribution in [2.75, 3.05) is 0 Å². The normalized spacial score (nSPS) is 11.4. The van der Waals surface area contributed by atoms with Crippen molar-refractivity contribution in [2.45, 2.75) is 34.1 Å². The van der Waals surface area contributed by atoms with E-state index >= 15 is 0 Å². The molecule has 0 heterocycles. The maximum atomic E-state index is 11.9. The van der Waals surface area contributed by atoms with E-state index in [1.165, 1.54) is 34.4 Å². The Kier molecular flexibility index (Phi) is 6.24. The lowest BCUT2D eigenvalue weighted by Gasteiger charge is -2.01. The molecule has 2 rings (SSSR count). The van der Waals surface area contributed by atoms with Crippen LogP contribution in [0.25, 0.3) is 12.2 Å². The van der Waals surface area contributed by atoms with Gasteiger partial charge in [-0.25, -0.2) is 0 Å². The van der Waals surface area contributed by atoms with Gasteiger partial charge in [-0.2, -0.15) is 0 Å². The van der Waals surface area contributed by atoms with E-state index in [1.807, 2.05) is 50.2 Å². The van der Waals surface area contributed by atoms with Gasteiger partial charge in [0.25, 0.3) is 0 Å². The van der Waals surface area contributed by atoms with Gasteiger partial charge < -0.3 is 0 Å². The molecule has 2 heteroatoms. The van der Waals surface area contributed by atoms with E-state index in [4.69, 9.17) is 0 Å². The molecule has 0 amide bonds. The Bertz CT molecular complexity index is 783. The molecule has 25 heavy (non-hydrogen) atoms. The third-order valence-corrected chi connectivity index (χ3v) is 4.33. The molecule has 0 atom stereocenters. The molecule has 0 aliphatic rings. The lowest BCUT2D eigenvalue weighted by Crippen LogP contribution is -2.01. The first kappa shape index (κ1) is 18.6. The molecule has 0 aliphatic heterocycles. The first-order chi connectivity index (χ1) is 11.8. The molecule has 0 fully saturated rings. The molecule has 0 aromatic heterocycles. The van der Waals surface area contributed by atoms with Crippen LogP contribution in [0.2, 0.25) is 0 Å². The maximum Gasteiger partial charge on any atom is 0.163 e. The minimum absolute atomic E-state index is 0.108. The van der Waals surface area contributed by atoms with E-state index in [1.54, 1.807) is 12.2 Å². The molecule has 2 aromatic carbocycles. The quantitative estimate of drug-likeness (QED) is 0.540. The Morgan fingerprint density at radius 1 is 0.680 bits per heavy atom. The van der Waals surface area contributed by atoms with Crippen LogP contribution in [0.5, 0.6) is 0 Å². The lowest BCUT2D eigenvalue weighted by molar-refractivity contribution is -0.121. The van der Waals surface area contributed by atoms with Crippen LogP contribution in [0.4, 0.5) is 0 Å². The highest BCUT2D eigenvalue weighted by atomic mass is 16.1. The minimum Gasteiger partial charge on any atom is -0.294 e. The predicted octanol–water partition coefficient (Wildman–Crippen LogP) is 5.18. The highest BCUT2D eigenvalue weighted by Crippen LogP contribution is 2.12. The zero-order chi connectivity index (χ0) is 18.4. The number of ketones is 2. The molecule has 0 N–H and O–H groups in total. The van der Waals surface area contributed by atoms with Crippen LogP contribution in [0, 0.1) is 27.7 Å². The first-order valence-electron chi connectivity index (χ1n) is 8.41. The molecule has 0 saturated heterocycles. The molecule has 2 nitrogen and oxygen atoms in total. The zero-order valence-corrected chi connectivity index (χ0v) is 15.3. The molecule has 0 unspecified atom stereocenters. The van der Waals surface area contributed by atoms with Crippen LogP contribution in [0.15, 0.2) is 48.6 Å². The van der Waals surface area contributed by atoms with Crippen molar-refractivity contribution in [1.82, 2.24) is 0 Å². The minimum atomic E-state index is -0.187. The van der Waals surface area contributed by atoms with E-state index in [0.29, 0.717) is 0 Å². The van der Waals surface area contributed by atoms with E-state index < -0.39 is 0 Å². The summed E-state index contributed by atoms with van der Waals surface area (Å²) in [7, 11) is 0. The number of aryl methyl sites for hydroxylation is 4. The summed E-state index contributed by atoms with van der Waals surface area (Å²) in [5, 5.41) is 0. The van der Waals surface area contributed by atoms with Gasteiger partial charge >= 0.3 is 0 Å². The van der Waals surface area contributed by atoms with Gasteiger partial charge in [-0.1, -0.05) is 48.6 Å². The summed E-state index contributed by atoms with van der Waals surface area (Å²) in [4.78, 5) is 23.9. The van der Waals surface area contributed by atoms with Crippen LogP contribution in [0.3, 0.4) is 0 Å². The van der Waals surface area contributed by atoms with Gasteiger partial charge in [0.1, 0.15) is 0 Å². The van der Waals surface area contributed by atoms with Crippen LogP contribution < -0.4 is 0 Å². The van der Waals surface area contributed by atoms with Crippen molar-refractivity contribution < 1.29 is 9.59 Å². The Labute approximate surface area is 149 Å². The van der Waals surface area contributed by atoms with Gasteiger partial charge in [0, 0.05) is 0 Å². The fourth-order valence-electron chi connectivity index (χ4n) is 2.40. The van der Waals surface area contributed by atoms with Crippen LogP contribution in [-0.2, 0) is 9.59 Å². The molecule has 0 bridgehead atoms. The standard InChI is InChI=1S/C23H24O2/c1-16-5-7-20(13-18(16)3)9-11-22(24)15-23(25)12-10-21-8-6-17(2)19(4)14-21/h5-14H,15H2,1-4H3/b11-9+,12-10+. The molecule has 0 radical (unpaired) electrons. The fourth-order valence-corrected chi connectivity index (χ4v) is 2.40. The number of carbonyl (C=O) groups excluding carboxylic acids is 2. The van der Waals surface area contributed by atoms with E-state index in [-0.39, 0.29) is 18.0 Å². The molecule has 128 valence electrons. The summed E-state index contributed by atoms with van der Waals surface area (Å²) in [6, 6.07) is 12.0. The molecule has 0 saturated carbocycles. The SMILES string of the molecule is Cc1ccc(/C=C/C(=O)CC(=O)/C=C/c2ccc(C)c(C)c2)cc1C. The summed E-state index contributed by atoms with van der Waals surface area (Å²) in [5.74, 6) is -0.374. The smallest absolute Gasteiger partial charge is 0.163 e. The van der Waals surface area contributed by atoms with Gasteiger partial charge in [0.2, 0.25) is 0 Å². The average molecular weight is 332 g/mol. The van der Waals surface area contributed by atoms with Crippen molar-refractivity contribution in [3.05, 3.63) is 81.9 Å². The third kappa shape index (κ3) is 5.68. The highest BCUT2D eigenvalue weighted by molar-refractivity contribution is 6.10. The van der Waals surface area contributed by atoms with Crippen molar-refractivity contribution in [3.8, 4) is 0 Å². The Balaban J connectivity index is 1.94. The van der Waals surface area contributed by atoms with Crippen LogP contribution >= 0.6 is 0 Å². The van der Waals surface area contributed by atoms with Gasteiger partial charge in [0.05, 0.1) is 6.42 Å². The Morgan fingerprint density at radius 2 is 1.08 bits per heavy atom. The van der Waals surface area contributed by atoms with Crippen LogP contribution in [-0.4, -0.2) is 11.6 Å². The summed E-state index contributed by atoms with van der Waals surface area (Å²) in [6.45, 7) is 8.17. The van der Waals surface area contributed by atoms with E-state index in [9.17, 15) is 9.59 Å². The lowest BCUT2D eigenvalue weighted by atomic mass is 10.0. The highest BCUT2D eigenvalue weighted by Gasteiger charge is 2.04. The fraction of sp³-hybridized carbons (Fsp3) is 0.217. The van der Waals surface area contributed by atoms with Gasteiger partial charge in [-0.3, -0.25) is 9.59 Å². The second-order valence-electron chi connectivity index (χ2n) is 6.46. The summed E-state index contributed by atoms with van der Waals surface area (Å²) in [5.41, 5.74) is 6.73. The van der Waals surface area contributed by atoms with Crippen molar-refractivity contribution in [1.29, 1.82) is 0 Å². The molecule has 0 aliphatic carbocycles. The number of hydrogen-bond acceptors (Lipinski definition) is 2. The predicted molar refractivity (Wildman–Crippen MR) is 105 cm³/mol. The average Bonchev–Trinajstić information content (AvgIpc) is 2.57. The number of rotatable bonds is 6. The molecular weight excluding hydrogens is 308 g/mol. The summed E-state index contributed by atoms with van der Waals surface area (Å²) in [6.07, 6.45) is 6.37. The zero-order valence-electron chi connectivity index (χ0n) is 15.3. The molecule has 2 aromatic rings. The second-order valence-corrected chi connectivity index (χ2v) is 6.46. The Hall–Kier alpha value is -2.74. The summed E-state index contributed by atoms with van der Waals surface area (Å²) < 4.78 is 0. The molecular formula is C23H24O2. The monoisotopic (exact) mass is 332 g/mol. The van der Waals surface area contributed by atoms with E-state index in [0.717, 1.165) is 11.1 Å². The number of hydrogen-bond donors (Lipinski definition) is 0. The summed E-state index contributed by atoms with van der Waals surface area (Å²) >= 11 is 0. The largest absolute Gasteiger partial charge is 0.294 e. The Morgan fingerprint density at radius 3 is 1.44 bits per heavy atom. The van der Waals surface area contributed by atoms with Crippen LogP contribution in [0.1, 0.15) is 39.8 Å². The van der Waals surface area contributed by atoms with Gasteiger partial charge in [0.15, 0.2) is 11.6 Å². The number of carbonyl (C=O) groups is 2. The second kappa shape index (κ2) is 8.39. The molecule has 0 spiro atoms. The first-order valence-corrected chi connectivity index (χ1v) is 8.41. The van der Waals surface area contributed by atoms with E-state index in [2.05, 4.69) is 13.8 Å². The van der Waals surface area contributed by atoms with Crippen molar-refractivity contribution >= 4 is 23.7 Å². The van der Waals surface area contributed by atoms with Crippen molar-refractivity contribution in [3.63, 3.8) is 0 Å². The topological polar surface area (TPSA) is 34.1 Å². The third-order valence-electron chi connectivity index (χ3n) is 4.33. The van der Waals surface area contributed by atoms with Crippen molar-refractivity contribution in [2.24, 2.45) is 0 Å². The van der Waals surface area contributed by atoms with Gasteiger partial charge in [-0.05, 0) is 73.2 Å².